The Bertz CT molecular complexity index is 1550. The summed E-state index contributed by atoms with van der Waals surface area (Å²) < 4.78 is 11.2. The lowest BCUT2D eigenvalue weighted by molar-refractivity contribution is -0.199. The van der Waals surface area contributed by atoms with Gasteiger partial charge in [-0.05, 0) is 109 Å². The van der Waals surface area contributed by atoms with Crippen LogP contribution in [-0.4, -0.2) is 41.1 Å². The molecule has 5 aliphatic carbocycles. The second-order valence-electron chi connectivity index (χ2n) is 17.6. The summed E-state index contributed by atoms with van der Waals surface area (Å²) in [5.41, 5.74) is 0.133. The fraction of sp³-hybridized carbons (Fsp3) is 0.675. The summed E-state index contributed by atoms with van der Waals surface area (Å²) in [5, 5.41) is 20.5. The summed E-state index contributed by atoms with van der Waals surface area (Å²) in [6, 6.07) is 4.85. The Labute approximate surface area is 280 Å². The third kappa shape index (κ3) is 4.91. The van der Waals surface area contributed by atoms with E-state index in [1.54, 1.807) is 18.2 Å². The number of carbonyl (C=O) groups is 3. The third-order valence-corrected chi connectivity index (χ3v) is 14.5. The molecule has 0 saturated heterocycles. The Morgan fingerprint density at radius 1 is 0.915 bits per heavy atom. The number of Topliss-reactive ketones (excluding diaryl/α,β-unsaturated/α-hetero) is 1. The van der Waals surface area contributed by atoms with E-state index >= 15 is 0 Å². The van der Waals surface area contributed by atoms with Crippen LogP contribution in [0.1, 0.15) is 112 Å². The Hall–Kier alpha value is -3.09. The molecule has 0 amide bonds. The summed E-state index contributed by atoms with van der Waals surface area (Å²) in [4.78, 5) is 40.5. The molecule has 0 bridgehead atoms. The van der Waals surface area contributed by atoms with Gasteiger partial charge in [0.1, 0.15) is 11.9 Å². The van der Waals surface area contributed by atoms with Gasteiger partial charge < -0.3 is 19.7 Å². The molecule has 1 aromatic carbocycles. The highest BCUT2D eigenvalue weighted by Gasteiger charge is 2.70. The van der Waals surface area contributed by atoms with E-state index in [9.17, 15) is 24.6 Å². The molecule has 5 aliphatic rings. The van der Waals surface area contributed by atoms with Gasteiger partial charge in [-0.3, -0.25) is 9.59 Å². The van der Waals surface area contributed by atoms with Crippen LogP contribution in [-0.2, 0) is 19.1 Å². The minimum Gasteiger partial charge on any atom is -0.504 e. The highest BCUT2D eigenvalue weighted by Crippen LogP contribution is 2.74. The number of phenols is 1. The van der Waals surface area contributed by atoms with E-state index in [-0.39, 0.29) is 52.0 Å². The molecule has 7 nitrogen and oxygen atoms in total. The number of fused-ring (bicyclic) bond motifs is 7. The molecule has 0 aromatic heterocycles. The Morgan fingerprint density at radius 2 is 1.57 bits per heavy atom. The van der Waals surface area contributed by atoms with Crippen LogP contribution in [0.2, 0.25) is 0 Å². The number of aliphatic carboxylic acids is 1. The first-order valence-corrected chi connectivity index (χ1v) is 17.6. The van der Waals surface area contributed by atoms with Gasteiger partial charge in [-0.15, -0.1) is 0 Å². The minimum absolute atomic E-state index is 0.0231. The lowest BCUT2D eigenvalue weighted by atomic mass is 9.34. The number of carboxylic acids is 1. The van der Waals surface area contributed by atoms with Crippen molar-refractivity contribution in [2.75, 3.05) is 7.11 Å². The lowest BCUT2D eigenvalue weighted by Gasteiger charge is -2.69. The van der Waals surface area contributed by atoms with Gasteiger partial charge in [-0.25, -0.2) is 4.79 Å². The minimum atomic E-state index is -0.708. The van der Waals surface area contributed by atoms with Crippen molar-refractivity contribution in [2.45, 2.75) is 112 Å². The number of carbonyl (C=O) groups excluding carboxylic acids is 2. The number of ketones is 1. The van der Waals surface area contributed by atoms with Crippen molar-refractivity contribution in [3.8, 4) is 11.5 Å². The van der Waals surface area contributed by atoms with Crippen LogP contribution < -0.4 is 4.74 Å². The van der Waals surface area contributed by atoms with E-state index in [0.29, 0.717) is 17.7 Å². The quantitative estimate of drug-likeness (QED) is 0.188. The van der Waals surface area contributed by atoms with E-state index in [4.69, 9.17) is 9.47 Å². The molecule has 256 valence electrons. The molecular formula is C40H54O7. The van der Waals surface area contributed by atoms with E-state index < -0.39 is 34.3 Å². The van der Waals surface area contributed by atoms with Crippen molar-refractivity contribution in [1.82, 2.24) is 0 Å². The number of rotatable bonds is 5. The van der Waals surface area contributed by atoms with E-state index in [2.05, 4.69) is 54.5 Å². The van der Waals surface area contributed by atoms with Crippen LogP contribution >= 0.6 is 0 Å². The molecule has 8 atom stereocenters. The van der Waals surface area contributed by atoms with Gasteiger partial charge in [0.2, 0.25) is 0 Å². The number of aromatic hydroxyl groups is 1. The van der Waals surface area contributed by atoms with E-state index in [1.165, 1.54) is 24.8 Å². The average Bonchev–Trinajstić information content (AvgIpc) is 2.99. The maximum absolute atomic E-state index is 14.5. The van der Waals surface area contributed by atoms with Crippen LogP contribution in [0.15, 0.2) is 35.9 Å². The largest absolute Gasteiger partial charge is 0.504 e. The fourth-order valence-electron chi connectivity index (χ4n) is 11.9. The third-order valence-electron chi connectivity index (χ3n) is 14.5. The normalized spacial score (nSPS) is 40.3. The van der Waals surface area contributed by atoms with Gasteiger partial charge in [0.15, 0.2) is 11.5 Å². The van der Waals surface area contributed by atoms with Gasteiger partial charge in [0, 0.05) is 23.3 Å². The number of hydrogen-bond donors (Lipinski definition) is 2. The number of esters is 1. The van der Waals surface area contributed by atoms with Crippen molar-refractivity contribution in [3.05, 3.63) is 41.5 Å². The van der Waals surface area contributed by atoms with Gasteiger partial charge in [-0.2, -0.15) is 0 Å². The molecule has 0 aliphatic heterocycles. The van der Waals surface area contributed by atoms with Crippen molar-refractivity contribution >= 4 is 23.8 Å². The molecule has 2 N–H and O–H groups in total. The van der Waals surface area contributed by atoms with Crippen LogP contribution in [0.4, 0.5) is 0 Å². The van der Waals surface area contributed by atoms with Crippen LogP contribution in [0.5, 0.6) is 11.5 Å². The Kier molecular flexibility index (Phi) is 7.88. The standard InChI is InChI=1S/C40H54O7/c1-35(2)19-20-40(34(44)45)18-15-28-37(5)16-13-27-36(3,4)32(47-33(43)12-10-24-9-11-25(41)26(21-24)46-8)22-31(42)39(27,7)29(37)14-17-38(28,6)30(40)23-35/h9-12,15,21,27,29-30,32,41H,13-14,16-20,22-23H2,1-8H3,(H,44,45)/b12-10+/t27-,29-,30-,32-,37-,38+,39-,40+/m0/s1. The van der Waals surface area contributed by atoms with Gasteiger partial charge >= 0.3 is 11.9 Å². The van der Waals surface area contributed by atoms with Gasteiger partial charge in [0.25, 0.3) is 0 Å². The molecule has 6 rings (SSSR count). The monoisotopic (exact) mass is 646 g/mol. The lowest BCUT2D eigenvalue weighted by Crippen LogP contribution is -2.66. The second kappa shape index (κ2) is 11.0. The first kappa shape index (κ1) is 33.8. The van der Waals surface area contributed by atoms with Gasteiger partial charge in [-0.1, -0.05) is 66.2 Å². The SMILES string of the molecule is COc1cc(/C=C/C(=O)O[C@H]2CC(=O)[C@]3(C)[C@H]4CC[C@]5(C)C(=CC[C@@]6(C(=O)O)CCC(C)(C)C[C@H]65)[C@]4(C)CC[C@H]3C2(C)C)ccc1O. The molecule has 0 spiro atoms. The highest BCUT2D eigenvalue weighted by molar-refractivity contribution is 5.90. The summed E-state index contributed by atoms with van der Waals surface area (Å²) in [5.74, 6) is -0.328. The predicted octanol–water partition coefficient (Wildman–Crippen LogP) is 8.39. The van der Waals surface area contributed by atoms with E-state index in [1.807, 2.05) is 0 Å². The zero-order valence-corrected chi connectivity index (χ0v) is 29.6. The molecule has 4 saturated carbocycles. The number of phenolic OH excluding ortho intramolecular Hbond substituents is 1. The summed E-state index contributed by atoms with van der Waals surface area (Å²) in [7, 11) is 1.47. The van der Waals surface area contributed by atoms with E-state index in [0.717, 1.165) is 44.9 Å². The zero-order chi connectivity index (χ0) is 34.4. The fourth-order valence-corrected chi connectivity index (χ4v) is 11.9. The molecule has 0 heterocycles. The van der Waals surface area contributed by atoms with Crippen molar-refractivity contribution < 1.29 is 34.1 Å². The molecule has 0 unspecified atom stereocenters. The second-order valence-corrected chi connectivity index (χ2v) is 17.6. The molecule has 7 heteroatoms. The summed E-state index contributed by atoms with van der Waals surface area (Å²) in [6.07, 6.45) is 11.7. The number of carboxylic acid groups (broad SMARTS) is 1. The molecule has 47 heavy (non-hydrogen) atoms. The van der Waals surface area contributed by atoms with Crippen molar-refractivity contribution in [1.29, 1.82) is 0 Å². The highest BCUT2D eigenvalue weighted by atomic mass is 16.5. The van der Waals surface area contributed by atoms with Crippen LogP contribution in [0.3, 0.4) is 0 Å². The Morgan fingerprint density at radius 3 is 2.23 bits per heavy atom. The topological polar surface area (TPSA) is 110 Å². The number of allylic oxidation sites excluding steroid dienone is 2. The van der Waals surface area contributed by atoms with Gasteiger partial charge in [0.05, 0.1) is 12.5 Å². The molecule has 4 fully saturated rings. The van der Waals surface area contributed by atoms with Crippen LogP contribution in [0, 0.1) is 50.2 Å². The zero-order valence-electron chi connectivity index (χ0n) is 29.6. The molecule has 1 aromatic rings. The van der Waals surface area contributed by atoms with Crippen molar-refractivity contribution in [3.63, 3.8) is 0 Å². The number of ether oxygens (including phenoxy) is 2. The smallest absolute Gasteiger partial charge is 0.331 e. The number of methoxy groups -OCH3 is 1. The first-order chi connectivity index (χ1) is 21.8. The summed E-state index contributed by atoms with van der Waals surface area (Å²) >= 11 is 0. The van der Waals surface area contributed by atoms with Crippen LogP contribution in [0.25, 0.3) is 6.08 Å². The number of benzene rings is 1. The molecule has 0 radical (unpaired) electrons. The molecular weight excluding hydrogens is 592 g/mol. The maximum atomic E-state index is 14.5. The average molecular weight is 647 g/mol. The van der Waals surface area contributed by atoms with Crippen molar-refractivity contribution in [2.24, 2.45) is 50.2 Å². The first-order valence-electron chi connectivity index (χ1n) is 17.6. The number of hydrogen-bond acceptors (Lipinski definition) is 6. The Balaban J connectivity index is 1.27. The summed E-state index contributed by atoms with van der Waals surface area (Å²) in [6.45, 7) is 15.8. The predicted molar refractivity (Wildman–Crippen MR) is 181 cm³/mol. The maximum Gasteiger partial charge on any atom is 0.331 e.